The quantitative estimate of drug-likeness (QED) is 0.475. The van der Waals surface area contributed by atoms with Crippen molar-refractivity contribution in [1.29, 1.82) is 0 Å². The average molecular weight is 432 g/mol. The number of carboxylic acid groups (broad SMARTS) is 1. The van der Waals surface area contributed by atoms with Crippen molar-refractivity contribution in [3.05, 3.63) is 71.7 Å². The number of aromatic nitrogens is 1. The number of carbonyl (C=O) groups excluding carboxylic acids is 1. The predicted octanol–water partition coefficient (Wildman–Crippen LogP) is 3.46. The molecule has 1 fully saturated rings. The fraction of sp³-hybridized carbons (Fsp3) is 0.280. The molecule has 6 heteroatoms. The second kappa shape index (κ2) is 8.38. The van der Waals surface area contributed by atoms with Gasteiger partial charge in [-0.3, -0.25) is 4.48 Å². The van der Waals surface area contributed by atoms with E-state index < -0.39 is 5.97 Å². The predicted molar refractivity (Wildman–Crippen MR) is 125 cm³/mol. The van der Waals surface area contributed by atoms with E-state index in [1.807, 2.05) is 6.20 Å². The van der Waals surface area contributed by atoms with Crippen LogP contribution in [0.4, 0.5) is 5.82 Å². The maximum absolute atomic E-state index is 10.9. The maximum atomic E-state index is 10.9. The van der Waals surface area contributed by atoms with Gasteiger partial charge < -0.3 is 15.2 Å². The van der Waals surface area contributed by atoms with E-state index in [1.165, 1.54) is 26.4 Å². The Kier molecular flexibility index (Phi) is 5.44. The van der Waals surface area contributed by atoms with Crippen LogP contribution in [-0.2, 0) is 11.3 Å². The number of aliphatic carboxylic acids is 1. The Morgan fingerprint density at radius 2 is 1.90 bits per heavy atom. The Labute approximate surface area is 185 Å². The van der Waals surface area contributed by atoms with Crippen LogP contribution < -0.4 is 14.9 Å². The smallest absolute Gasteiger partial charge is 0.236 e. The van der Waals surface area contributed by atoms with Gasteiger partial charge in [-0.25, -0.2) is 4.98 Å². The standard InChI is InChI=1S/C25H25N3O2S/c29-24(30)16-27-21-8-12-28(13-9-21,25-22-10-14-31-23(22)7-11-26-25)17-18-5-6-19-3-1-2-4-20(19)15-18/h1-7,10-11,14-15,21,27H,8-9,12-13,16-17H2. The summed E-state index contributed by atoms with van der Waals surface area (Å²) in [6, 6.07) is 19.7. The summed E-state index contributed by atoms with van der Waals surface area (Å²) in [4.78, 5) is 15.8. The summed E-state index contributed by atoms with van der Waals surface area (Å²) in [5.41, 5.74) is 1.30. The molecule has 0 radical (unpaired) electrons. The number of rotatable bonds is 6. The van der Waals surface area contributed by atoms with Gasteiger partial charge in [0.05, 0.1) is 24.4 Å². The van der Waals surface area contributed by atoms with Crippen molar-refractivity contribution in [1.82, 2.24) is 14.8 Å². The van der Waals surface area contributed by atoms with E-state index in [0.29, 0.717) is 0 Å². The van der Waals surface area contributed by atoms with E-state index in [4.69, 9.17) is 4.98 Å². The van der Waals surface area contributed by atoms with E-state index >= 15 is 0 Å². The van der Waals surface area contributed by atoms with E-state index in [9.17, 15) is 9.90 Å². The van der Waals surface area contributed by atoms with E-state index in [1.54, 1.807) is 11.3 Å². The van der Waals surface area contributed by atoms with Gasteiger partial charge in [0.15, 0.2) is 0 Å². The molecule has 31 heavy (non-hydrogen) atoms. The Morgan fingerprint density at radius 3 is 2.71 bits per heavy atom. The third kappa shape index (κ3) is 4.06. The maximum Gasteiger partial charge on any atom is 0.236 e. The highest BCUT2D eigenvalue weighted by Gasteiger charge is 2.38. The van der Waals surface area contributed by atoms with Crippen LogP contribution in [0.2, 0.25) is 0 Å². The van der Waals surface area contributed by atoms with E-state index in [0.717, 1.165) is 42.8 Å². The summed E-state index contributed by atoms with van der Waals surface area (Å²) >= 11 is 1.75. The number of piperidine rings is 1. The Hall–Kier alpha value is -2.80. The minimum atomic E-state index is -1.05. The summed E-state index contributed by atoms with van der Waals surface area (Å²) in [5, 5.41) is 19.9. The van der Waals surface area contributed by atoms with Crippen LogP contribution in [0.15, 0.2) is 66.2 Å². The third-order valence-electron chi connectivity index (χ3n) is 6.45. The zero-order valence-corrected chi connectivity index (χ0v) is 18.1. The number of thiophene rings is 1. The minimum absolute atomic E-state index is 0.0896. The third-order valence-corrected chi connectivity index (χ3v) is 7.34. The van der Waals surface area contributed by atoms with E-state index in [2.05, 4.69) is 65.3 Å². The monoisotopic (exact) mass is 431 g/mol. The number of pyridine rings is 1. The Morgan fingerprint density at radius 1 is 1.10 bits per heavy atom. The first-order chi connectivity index (χ1) is 15.1. The number of nitrogens with zero attached hydrogens (tertiary/aromatic N) is 2. The Bertz CT molecular complexity index is 1230. The van der Waals surface area contributed by atoms with Gasteiger partial charge in [-0.05, 0) is 34.4 Å². The molecule has 0 aliphatic carbocycles. The number of nitrogens with one attached hydrogen (secondary N) is 1. The molecule has 0 saturated carbocycles. The van der Waals surface area contributed by atoms with Crippen molar-refractivity contribution in [3.63, 3.8) is 0 Å². The van der Waals surface area contributed by atoms with Gasteiger partial charge in [-0.2, -0.15) is 0 Å². The number of carboxylic acids is 1. The topological polar surface area (TPSA) is 65.0 Å². The molecule has 5 nitrogen and oxygen atoms in total. The van der Waals surface area contributed by atoms with Gasteiger partial charge in [0.1, 0.15) is 6.54 Å². The van der Waals surface area contributed by atoms with Crippen LogP contribution in [0.3, 0.4) is 0 Å². The molecule has 0 atom stereocenters. The minimum Gasteiger partial charge on any atom is -0.549 e. The van der Waals surface area contributed by atoms with Gasteiger partial charge >= 0.3 is 0 Å². The molecule has 0 bridgehead atoms. The molecule has 158 valence electrons. The second-order valence-electron chi connectivity index (χ2n) is 8.43. The molecule has 4 aromatic rings. The number of quaternary nitrogens is 1. The number of fused-ring (bicyclic) bond motifs is 2. The lowest BCUT2D eigenvalue weighted by Gasteiger charge is -2.43. The van der Waals surface area contributed by atoms with Crippen molar-refractivity contribution in [2.45, 2.75) is 25.4 Å². The molecular formula is C25H25N3O2S. The summed E-state index contributed by atoms with van der Waals surface area (Å²) in [7, 11) is 0. The molecule has 0 amide bonds. The summed E-state index contributed by atoms with van der Waals surface area (Å²) in [6.45, 7) is 2.62. The van der Waals surface area contributed by atoms with Crippen LogP contribution in [0.5, 0.6) is 0 Å². The van der Waals surface area contributed by atoms with Crippen molar-refractivity contribution < 1.29 is 9.90 Å². The lowest BCUT2D eigenvalue weighted by molar-refractivity contribution is -0.304. The number of hydrogen-bond donors (Lipinski definition) is 1. The first-order valence-corrected chi connectivity index (χ1v) is 11.6. The highest BCUT2D eigenvalue weighted by molar-refractivity contribution is 7.17. The van der Waals surface area contributed by atoms with E-state index in [-0.39, 0.29) is 12.6 Å². The highest BCUT2D eigenvalue weighted by atomic mass is 32.1. The molecule has 1 saturated heterocycles. The van der Waals surface area contributed by atoms with Crippen LogP contribution in [0.1, 0.15) is 18.4 Å². The Balaban J connectivity index is 1.50. The van der Waals surface area contributed by atoms with Gasteiger partial charge in [0.25, 0.3) is 0 Å². The van der Waals surface area contributed by atoms with Crippen LogP contribution >= 0.6 is 11.3 Å². The molecule has 3 heterocycles. The molecule has 1 N–H and O–H groups in total. The van der Waals surface area contributed by atoms with Gasteiger partial charge in [-0.1, -0.05) is 36.4 Å². The van der Waals surface area contributed by atoms with Crippen molar-refractivity contribution in [2.75, 3.05) is 19.6 Å². The normalized spacial score (nSPS) is 21.5. The molecule has 2 aromatic heterocycles. The molecule has 1 aliphatic rings. The zero-order valence-electron chi connectivity index (χ0n) is 17.3. The summed E-state index contributed by atoms with van der Waals surface area (Å²) < 4.78 is 2.05. The second-order valence-corrected chi connectivity index (χ2v) is 9.37. The molecule has 2 aromatic carbocycles. The molecule has 0 unspecified atom stereocenters. The zero-order chi connectivity index (χ0) is 21.3. The van der Waals surface area contributed by atoms with Crippen LogP contribution in [0.25, 0.3) is 20.9 Å². The lowest BCUT2D eigenvalue weighted by Crippen LogP contribution is -2.57. The van der Waals surface area contributed by atoms with Gasteiger partial charge in [0.2, 0.25) is 5.82 Å². The molecular weight excluding hydrogens is 406 g/mol. The number of likely N-dealkylation sites (tertiary alicyclic amines) is 1. The van der Waals surface area contributed by atoms with Crippen molar-refractivity contribution in [3.8, 4) is 0 Å². The van der Waals surface area contributed by atoms with Crippen molar-refractivity contribution >= 4 is 44.0 Å². The first kappa shape index (κ1) is 20.1. The number of benzene rings is 2. The largest absolute Gasteiger partial charge is 0.549 e. The molecule has 5 rings (SSSR count). The van der Waals surface area contributed by atoms with Crippen LogP contribution in [-0.4, -0.2) is 36.6 Å². The van der Waals surface area contributed by atoms with Crippen LogP contribution in [0, 0.1) is 0 Å². The average Bonchev–Trinajstić information content (AvgIpc) is 3.27. The summed E-state index contributed by atoms with van der Waals surface area (Å²) in [5.74, 6) is 0.0810. The number of carbonyl (C=O) groups is 1. The molecule has 0 spiro atoms. The van der Waals surface area contributed by atoms with Crippen molar-refractivity contribution in [2.24, 2.45) is 0 Å². The fourth-order valence-electron chi connectivity index (χ4n) is 4.88. The van der Waals surface area contributed by atoms with Gasteiger partial charge in [-0.15, -0.1) is 11.3 Å². The lowest BCUT2D eigenvalue weighted by atomic mass is 9.98. The molecule has 1 aliphatic heterocycles. The highest BCUT2D eigenvalue weighted by Crippen LogP contribution is 2.37. The van der Waals surface area contributed by atoms with Gasteiger partial charge in [0, 0.05) is 41.9 Å². The fourth-order valence-corrected chi connectivity index (χ4v) is 5.66. The SMILES string of the molecule is O=C([O-])CNC1CC[N+](Cc2ccc3ccccc3c2)(c2nccc3sccc23)CC1. The summed E-state index contributed by atoms with van der Waals surface area (Å²) in [6.07, 6.45) is 3.74. The first-order valence-electron chi connectivity index (χ1n) is 10.7. The number of hydrogen-bond acceptors (Lipinski definition) is 5.